The molecule has 3 aromatic carbocycles. The van der Waals surface area contributed by atoms with Crippen LogP contribution >= 0.6 is 0 Å². The molecule has 3 atom stereocenters. The number of aliphatic hydroxyl groups excluding tert-OH is 1. The summed E-state index contributed by atoms with van der Waals surface area (Å²) in [6.45, 7) is 6.38. The fourth-order valence-electron chi connectivity index (χ4n) is 3.31. The Labute approximate surface area is 179 Å². The molecule has 5 heteroatoms. The molecule has 0 spiro atoms. The first-order valence-electron chi connectivity index (χ1n) is 10.2. The smallest absolute Gasteiger partial charge is 0.325 e. The van der Waals surface area contributed by atoms with Gasteiger partial charge in [0.05, 0.1) is 8.07 Å². The Kier molecular flexibility index (Phi) is 7.08. The number of hydrogen-bond donors (Lipinski definition) is 2. The summed E-state index contributed by atoms with van der Waals surface area (Å²) in [7, 11) is -1.98. The number of hydrogen-bond acceptors (Lipinski definition) is 4. The Hall–Kier alpha value is -2.89. The normalized spacial score (nSPS) is 14.4. The molecule has 0 unspecified atom stereocenters. The molecule has 0 bridgehead atoms. The third kappa shape index (κ3) is 5.59. The third-order valence-electron chi connectivity index (χ3n) is 4.99. The van der Waals surface area contributed by atoms with Gasteiger partial charge in [-0.05, 0) is 23.3 Å². The van der Waals surface area contributed by atoms with Gasteiger partial charge in [-0.15, -0.1) is 0 Å². The fourth-order valence-corrected chi connectivity index (χ4v) is 4.68. The molecule has 156 valence electrons. The van der Waals surface area contributed by atoms with E-state index < -0.39 is 25.9 Å². The lowest BCUT2D eigenvalue weighted by Gasteiger charge is -2.32. The van der Waals surface area contributed by atoms with Gasteiger partial charge >= 0.3 is 5.97 Å². The van der Waals surface area contributed by atoms with Gasteiger partial charge in [0.2, 0.25) is 0 Å². The quantitative estimate of drug-likeness (QED) is 0.381. The molecule has 2 N–H and O–H groups in total. The SMILES string of the molecule is C[Si](C)(C)[C@@H](Nc1ccccc1)C(=O)O[C@H](c1ccccc1)[C@H](O)c1ccccc1. The number of carbonyl (C=O) groups is 1. The van der Waals surface area contributed by atoms with E-state index >= 15 is 0 Å². The van der Waals surface area contributed by atoms with E-state index in [9.17, 15) is 9.90 Å². The Morgan fingerprint density at radius 2 is 1.27 bits per heavy atom. The van der Waals surface area contributed by atoms with Crippen LogP contribution in [-0.2, 0) is 9.53 Å². The highest BCUT2D eigenvalue weighted by atomic mass is 28.3. The molecular weight excluding hydrogens is 390 g/mol. The van der Waals surface area contributed by atoms with Crippen molar-refractivity contribution in [2.75, 3.05) is 5.32 Å². The molecule has 0 saturated carbocycles. The van der Waals surface area contributed by atoms with Gasteiger partial charge in [0.1, 0.15) is 11.8 Å². The second-order valence-electron chi connectivity index (χ2n) is 8.43. The summed E-state index contributed by atoms with van der Waals surface area (Å²) >= 11 is 0. The standard InChI is InChI=1S/C25H29NO3Si/c1-30(2,3)24(26-21-17-11-6-12-18-21)25(28)29-23(20-15-9-5-10-16-20)22(27)19-13-7-4-8-14-19/h4-18,22-24,26-27H,1-3H3/t22-,23-,24-/m1/s1. The number of aliphatic hydroxyl groups is 1. The van der Waals surface area contributed by atoms with Crippen molar-refractivity contribution in [1.29, 1.82) is 0 Å². The van der Waals surface area contributed by atoms with Crippen LogP contribution in [-0.4, -0.2) is 24.8 Å². The summed E-state index contributed by atoms with van der Waals surface area (Å²) in [4.78, 5) is 13.4. The van der Waals surface area contributed by atoms with Gasteiger partial charge < -0.3 is 15.2 Å². The van der Waals surface area contributed by atoms with Gasteiger partial charge in [-0.25, -0.2) is 0 Å². The third-order valence-corrected chi connectivity index (χ3v) is 7.10. The minimum atomic E-state index is -1.98. The monoisotopic (exact) mass is 419 g/mol. The highest BCUT2D eigenvalue weighted by Crippen LogP contribution is 2.33. The molecule has 0 aliphatic heterocycles. The van der Waals surface area contributed by atoms with Crippen molar-refractivity contribution < 1.29 is 14.6 Å². The summed E-state index contributed by atoms with van der Waals surface area (Å²) < 4.78 is 6.00. The topological polar surface area (TPSA) is 58.6 Å². The maximum atomic E-state index is 13.4. The van der Waals surface area contributed by atoms with Gasteiger partial charge in [-0.3, -0.25) is 4.79 Å². The number of carbonyl (C=O) groups excluding carboxylic acids is 1. The number of ether oxygens (including phenoxy) is 1. The summed E-state index contributed by atoms with van der Waals surface area (Å²) in [5, 5.41) is 14.4. The van der Waals surface area contributed by atoms with Crippen molar-refractivity contribution >= 4 is 19.7 Å². The first kappa shape index (κ1) is 21.8. The molecule has 0 amide bonds. The van der Waals surface area contributed by atoms with Crippen LogP contribution in [0.4, 0.5) is 5.69 Å². The lowest BCUT2D eigenvalue weighted by Crippen LogP contribution is -2.50. The second-order valence-corrected chi connectivity index (χ2v) is 13.7. The number of anilines is 1. The number of benzene rings is 3. The van der Waals surface area contributed by atoms with Crippen molar-refractivity contribution in [3.63, 3.8) is 0 Å². The zero-order chi connectivity index (χ0) is 21.6. The van der Waals surface area contributed by atoms with Crippen molar-refractivity contribution in [2.24, 2.45) is 0 Å². The zero-order valence-electron chi connectivity index (χ0n) is 17.7. The molecule has 0 fully saturated rings. The highest BCUT2D eigenvalue weighted by molar-refractivity contribution is 6.81. The molecule has 0 heterocycles. The molecule has 3 aromatic rings. The Morgan fingerprint density at radius 1 is 0.800 bits per heavy atom. The lowest BCUT2D eigenvalue weighted by molar-refractivity contribution is -0.155. The van der Waals surface area contributed by atoms with Crippen molar-refractivity contribution in [2.45, 2.75) is 37.5 Å². The number of para-hydroxylation sites is 1. The molecular formula is C25H29NO3Si. The van der Waals surface area contributed by atoms with E-state index in [1.54, 1.807) is 0 Å². The van der Waals surface area contributed by atoms with Crippen LogP contribution < -0.4 is 5.32 Å². The second kappa shape index (κ2) is 9.74. The minimum absolute atomic E-state index is 0.346. The van der Waals surface area contributed by atoms with Crippen LogP contribution in [0.15, 0.2) is 91.0 Å². The maximum Gasteiger partial charge on any atom is 0.325 e. The van der Waals surface area contributed by atoms with E-state index in [-0.39, 0.29) is 5.97 Å². The van der Waals surface area contributed by atoms with Crippen LogP contribution in [0.2, 0.25) is 19.6 Å². The number of nitrogens with one attached hydrogen (secondary N) is 1. The largest absolute Gasteiger partial charge is 0.453 e. The molecule has 3 rings (SSSR count). The van der Waals surface area contributed by atoms with Crippen LogP contribution in [0.25, 0.3) is 0 Å². The van der Waals surface area contributed by atoms with Crippen LogP contribution in [0.5, 0.6) is 0 Å². The summed E-state index contributed by atoms with van der Waals surface area (Å²) in [5.41, 5.74) is 1.90. The van der Waals surface area contributed by atoms with E-state index in [2.05, 4.69) is 25.0 Å². The average Bonchev–Trinajstić information content (AvgIpc) is 2.76. The minimum Gasteiger partial charge on any atom is -0.453 e. The predicted molar refractivity (Wildman–Crippen MR) is 124 cm³/mol. The van der Waals surface area contributed by atoms with Gasteiger partial charge in [-0.2, -0.15) is 0 Å². The molecule has 0 saturated heterocycles. The van der Waals surface area contributed by atoms with Crippen molar-refractivity contribution in [3.05, 3.63) is 102 Å². The molecule has 30 heavy (non-hydrogen) atoms. The molecule has 0 radical (unpaired) electrons. The molecule has 0 aliphatic rings. The Bertz CT molecular complexity index is 927. The first-order valence-corrected chi connectivity index (χ1v) is 13.7. The first-order chi connectivity index (χ1) is 14.4. The number of rotatable bonds is 8. The summed E-state index contributed by atoms with van der Waals surface area (Å²) in [6.07, 6.45) is -1.76. The Morgan fingerprint density at radius 3 is 1.77 bits per heavy atom. The molecule has 4 nitrogen and oxygen atoms in total. The van der Waals surface area contributed by atoms with Crippen LogP contribution in [0.1, 0.15) is 23.3 Å². The van der Waals surface area contributed by atoms with Crippen molar-refractivity contribution in [3.8, 4) is 0 Å². The maximum absolute atomic E-state index is 13.4. The van der Waals surface area contributed by atoms with Crippen LogP contribution in [0.3, 0.4) is 0 Å². The number of esters is 1. The predicted octanol–water partition coefficient (Wildman–Crippen LogP) is 5.36. The zero-order valence-corrected chi connectivity index (χ0v) is 18.7. The lowest BCUT2D eigenvalue weighted by atomic mass is 9.98. The van der Waals surface area contributed by atoms with Gasteiger partial charge in [-0.1, -0.05) is 98.5 Å². The molecule has 0 aromatic heterocycles. The van der Waals surface area contributed by atoms with E-state index in [0.29, 0.717) is 5.56 Å². The van der Waals surface area contributed by atoms with E-state index in [1.165, 1.54) is 0 Å². The van der Waals surface area contributed by atoms with Gasteiger partial charge in [0.15, 0.2) is 6.10 Å². The fraction of sp³-hybridized carbons (Fsp3) is 0.240. The van der Waals surface area contributed by atoms with E-state index in [1.807, 2.05) is 91.0 Å². The van der Waals surface area contributed by atoms with E-state index in [0.717, 1.165) is 11.3 Å². The van der Waals surface area contributed by atoms with Gasteiger partial charge in [0.25, 0.3) is 0 Å². The van der Waals surface area contributed by atoms with Crippen molar-refractivity contribution in [1.82, 2.24) is 0 Å². The Balaban J connectivity index is 1.89. The van der Waals surface area contributed by atoms with E-state index in [4.69, 9.17) is 4.74 Å². The highest BCUT2D eigenvalue weighted by Gasteiger charge is 2.37. The summed E-state index contributed by atoms with van der Waals surface area (Å²) in [5.74, 6) is -0.346. The van der Waals surface area contributed by atoms with Crippen LogP contribution in [0, 0.1) is 0 Å². The summed E-state index contributed by atoms with van der Waals surface area (Å²) in [6, 6.07) is 28.4. The molecule has 0 aliphatic carbocycles. The average molecular weight is 420 g/mol. The van der Waals surface area contributed by atoms with Gasteiger partial charge in [0, 0.05) is 5.69 Å².